The Morgan fingerprint density at radius 1 is 1.24 bits per heavy atom. The lowest BCUT2D eigenvalue weighted by molar-refractivity contribution is 0.103. The molecule has 106 valence electrons. The Labute approximate surface area is 121 Å². The molecule has 2 heterocycles. The first-order valence-corrected chi connectivity index (χ1v) is 6.63. The van der Waals surface area contributed by atoms with Gasteiger partial charge < -0.3 is 11.1 Å². The van der Waals surface area contributed by atoms with Crippen molar-refractivity contribution < 1.29 is 13.6 Å². The number of benzene rings is 1. The molecule has 0 spiro atoms. The Kier molecular flexibility index (Phi) is 3.22. The molecule has 0 fully saturated rings. The minimum atomic E-state index is -0.862. The van der Waals surface area contributed by atoms with Gasteiger partial charge in [-0.05, 0) is 12.1 Å². The summed E-state index contributed by atoms with van der Waals surface area (Å²) >= 11 is 1.05. The van der Waals surface area contributed by atoms with E-state index in [-0.39, 0.29) is 16.3 Å². The quantitative estimate of drug-likeness (QED) is 0.763. The highest BCUT2D eigenvalue weighted by Crippen LogP contribution is 2.31. The van der Waals surface area contributed by atoms with Crippen molar-refractivity contribution in [2.24, 2.45) is 0 Å². The molecule has 8 heteroatoms. The van der Waals surface area contributed by atoms with E-state index in [0.717, 1.165) is 23.5 Å². The van der Waals surface area contributed by atoms with Crippen LogP contribution in [0, 0.1) is 11.6 Å². The predicted octanol–water partition coefficient (Wildman–Crippen LogP) is 2.80. The Bertz CT molecular complexity index is 849. The van der Waals surface area contributed by atoms with Gasteiger partial charge in [0.1, 0.15) is 26.9 Å². The standard InChI is InChI=1S/C13H8F2N4OS/c14-6-1-2-8(7(15)5-6)19-12(20)11-9(16)10-13(21-11)18-4-3-17-10/h1-5H,16H2,(H,19,20). The van der Waals surface area contributed by atoms with Gasteiger partial charge >= 0.3 is 0 Å². The zero-order chi connectivity index (χ0) is 15.0. The molecule has 0 saturated carbocycles. The van der Waals surface area contributed by atoms with Crippen molar-refractivity contribution in [3.05, 3.63) is 47.1 Å². The van der Waals surface area contributed by atoms with E-state index < -0.39 is 17.5 Å². The molecule has 3 rings (SSSR count). The number of aromatic nitrogens is 2. The number of nitrogens with zero attached hydrogens (tertiary/aromatic N) is 2. The zero-order valence-electron chi connectivity index (χ0n) is 10.4. The van der Waals surface area contributed by atoms with Crippen LogP contribution in [-0.4, -0.2) is 15.9 Å². The molecule has 21 heavy (non-hydrogen) atoms. The van der Waals surface area contributed by atoms with Crippen molar-refractivity contribution in [3.63, 3.8) is 0 Å². The van der Waals surface area contributed by atoms with E-state index >= 15 is 0 Å². The topological polar surface area (TPSA) is 80.9 Å². The first-order chi connectivity index (χ1) is 10.1. The second-order valence-electron chi connectivity index (χ2n) is 4.13. The van der Waals surface area contributed by atoms with Gasteiger partial charge in [0.25, 0.3) is 5.91 Å². The monoisotopic (exact) mass is 306 g/mol. The number of amides is 1. The van der Waals surface area contributed by atoms with Gasteiger partial charge in [-0.1, -0.05) is 0 Å². The number of fused-ring (bicyclic) bond motifs is 1. The van der Waals surface area contributed by atoms with Crippen molar-refractivity contribution >= 4 is 39.0 Å². The summed E-state index contributed by atoms with van der Waals surface area (Å²) in [5.74, 6) is -2.18. The van der Waals surface area contributed by atoms with Gasteiger partial charge in [-0.25, -0.2) is 18.7 Å². The molecule has 1 amide bonds. The third kappa shape index (κ3) is 2.40. The second-order valence-corrected chi connectivity index (χ2v) is 5.13. The second kappa shape index (κ2) is 5.06. The van der Waals surface area contributed by atoms with Crippen LogP contribution in [0.4, 0.5) is 20.2 Å². The molecule has 0 aliphatic heterocycles. The minimum absolute atomic E-state index is 0.126. The molecule has 0 radical (unpaired) electrons. The summed E-state index contributed by atoms with van der Waals surface area (Å²) < 4.78 is 26.3. The Balaban J connectivity index is 1.95. The maximum atomic E-state index is 13.5. The van der Waals surface area contributed by atoms with Gasteiger partial charge in [-0.2, -0.15) is 0 Å². The van der Waals surface area contributed by atoms with Crippen LogP contribution in [0.5, 0.6) is 0 Å². The fourth-order valence-corrected chi connectivity index (χ4v) is 2.70. The maximum absolute atomic E-state index is 13.5. The lowest BCUT2D eigenvalue weighted by Gasteiger charge is -2.05. The number of nitrogens with one attached hydrogen (secondary N) is 1. The average molecular weight is 306 g/mol. The summed E-state index contributed by atoms with van der Waals surface area (Å²) in [4.78, 5) is 20.9. The van der Waals surface area contributed by atoms with Crippen LogP contribution >= 0.6 is 11.3 Å². The van der Waals surface area contributed by atoms with E-state index in [0.29, 0.717) is 16.4 Å². The molecule has 2 aromatic heterocycles. The fraction of sp³-hybridized carbons (Fsp3) is 0. The van der Waals surface area contributed by atoms with Gasteiger partial charge in [0.05, 0.1) is 11.4 Å². The van der Waals surface area contributed by atoms with E-state index in [2.05, 4.69) is 15.3 Å². The largest absolute Gasteiger partial charge is 0.396 e. The smallest absolute Gasteiger partial charge is 0.268 e. The highest BCUT2D eigenvalue weighted by atomic mass is 32.1. The number of hydrogen-bond acceptors (Lipinski definition) is 5. The summed E-state index contributed by atoms with van der Waals surface area (Å²) in [5, 5.41) is 2.35. The molecule has 0 unspecified atom stereocenters. The summed E-state index contributed by atoms with van der Waals surface area (Å²) in [5.41, 5.74) is 6.33. The zero-order valence-corrected chi connectivity index (χ0v) is 11.2. The van der Waals surface area contributed by atoms with Crippen molar-refractivity contribution in [1.82, 2.24) is 9.97 Å². The van der Waals surface area contributed by atoms with E-state index in [1.807, 2.05) is 0 Å². The first-order valence-electron chi connectivity index (χ1n) is 5.81. The molecule has 1 aromatic carbocycles. The summed E-state index contributed by atoms with van der Waals surface area (Å²) in [7, 11) is 0. The summed E-state index contributed by atoms with van der Waals surface area (Å²) in [6.45, 7) is 0. The van der Waals surface area contributed by atoms with Crippen molar-refractivity contribution in [2.75, 3.05) is 11.1 Å². The molecular formula is C13H8F2N4OS. The number of carbonyl (C=O) groups excluding carboxylic acids is 1. The Morgan fingerprint density at radius 2 is 2.00 bits per heavy atom. The number of nitrogens with two attached hydrogens (primary N) is 1. The molecule has 0 aliphatic rings. The molecule has 0 atom stereocenters. The first kappa shape index (κ1) is 13.4. The number of rotatable bonds is 2. The molecule has 0 aliphatic carbocycles. The Morgan fingerprint density at radius 3 is 2.71 bits per heavy atom. The SMILES string of the molecule is Nc1c(C(=O)Nc2ccc(F)cc2F)sc2nccnc12. The van der Waals surface area contributed by atoms with Crippen molar-refractivity contribution in [3.8, 4) is 0 Å². The van der Waals surface area contributed by atoms with Crippen LogP contribution in [0.2, 0.25) is 0 Å². The van der Waals surface area contributed by atoms with Gasteiger partial charge in [0, 0.05) is 18.5 Å². The molecule has 3 N–H and O–H groups in total. The number of thiophene rings is 1. The van der Waals surface area contributed by atoms with Crippen molar-refractivity contribution in [1.29, 1.82) is 0 Å². The fourth-order valence-electron chi connectivity index (χ4n) is 1.78. The van der Waals surface area contributed by atoms with E-state index in [9.17, 15) is 13.6 Å². The van der Waals surface area contributed by atoms with E-state index in [1.54, 1.807) is 0 Å². The minimum Gasteiger partial charge on any atom is -0.396 e. The molecule has 0 saturated heterocycles. The molecule has 3 aromatic rings. The number of nitrogen functional groups attached to an aromatic ring is 1. The number of halogens is 2. The van der Waals surface area contributed by atoms with Gasteiger partial charge in [0.2, 0.25) is 0 Å². The lowest BCUT2D eigenvalue weighted by atomic mass is 10.2. The number of hydrogen-bond donors (Lipinski definition) is 2. The van der Waals surface area contributed by atoms with Crippen LogP contribution in [0.3, 0.4) is 0 Å². The third-order valence-electron chi connectivity index (χ3n) is 2.75. The van der Waals surface area contributed by atoms with Crippen LogP contribution in [-0.2, 0) is 0 Å². The maximum Gasteiger partial charge on any atom is 0.268 e. The Hall–Kier alpha value is -2.61. The van der Waals surface area contributed by atoms with Crippen LogP contribution in [0.15, 0.2) is 30.6 Å². The van der Waals surface area contributed by atoms with Gasteiger partial charge in [-0.3, -0.25) is 4.79 Å². The van der Waals surface area contributed by atoms with Gasteiger partial charge in [0.15, 0.2) is 0 Å². The molecule has 5 nitrogen and oxygen atoms in total. The van der Waals surface area contributed by atoms with Crippen LogP contribution in [0.1, 0.15) is 9.67 Å². The number of anilines is 2. The summed E-state index contributed by atoms with van der Waals surface area (Å²) in [6.07, 6.45) is 2.95. The number of carbonyl (C=O) groups is 1. The highest BCUT2D eigenvalue weighted by molar-refractivity contribution is 7.21. The highest BCUT2D eigenvalue weighted by Gasteiger charge is 2.19. The van der Waals surface area contributed by atoms with Crippen LogP contribution in [0.25, 0.3) is 10.3 Å². The molecular weight excluding hydrogens is 298 g/mol. The average Bonchev–Trinajstić information content (AvgIpc) is 2.80. The van der Waals surface area contributed by atoms with E-state index in [4.69, 9.17) is 5.73 Å². The predicted molar refractivity (Wildman–Crippen MR) is 76.1 cm³/mol. The lowest BCUT2D eigenvalue weighted by Crippen LogP contribution is -2.13. The molecule has 0 bridgehead atoms. The van der Waals surface area contributed by atoms with Crippen molar-refractivity contribution in [2.45, 2.75) is 0 Å². The third-order valence-corrected chi connectivity index (χ3v) is 3.85. The van der Waals surface area contributed by atoms with Gasteiger partial charge in [-0.15, -0.1) is 11.3 Å². The summed E-state index contributed by atoms with van der Waals surface area (Å²) in [6, 6.07) is 2.88. The van der Waals surface area contributed by atoms with E-state index in [1.165, 1.54) is 12.4 Å². The van der Waals surface area contributed by atoms with Crippen LogP contribution < -0.4 is 11.1 Å². The normalized spacial score (nSPS) is 10.8.